The summed E-state index contributed by atoms with van der Waals surface area (Å²) in [7, 11) is 4.30. The molecule has 5 rings (SSSR count). The molecule has 5 nitrogen and oxygen atoms in total. The normalized spacial score (nSPS) is 15.1. The average Bonchev–Trinajstić information content (AvgIpc) is 3.10. The van der Waals surface area contributed by atoms with E-state index in [9.17, 15) is 0 Å². The van der Waals surface area contributed by atoms with Crippen molar-refractivity contribution in [2.45, 2.75) is 6.92 Å². The maximum atomic E-state index is 5.11. The lowest BCUT2D eigenvalue weighted by Crippen LogP contribution is -2.45. The number of aryl methyl sites for hydroxylation is 1. The molecule has 0 radical (unpaired) electrons. The predicted molar refractivity (Wildman–Crippen MR) is 126 cm³/mol. The van der Waals surface area contributed by atoms with Gasteiger partial charge in [-0.1, -0.05) is 60.1 Å². The van der Waals surface area contributed by atoms with Gasteiger partial charge in [0.05, 0.1) is 11.4 Å². The molecule has 1 saturated heterocycles. The first kappa shape index (κ1) is 18.9. The van der Waals surface area contributed by atoms with Gasteiger partial charge in [-0.25, -0.2) is 4.98 Å². The van der Waals surface area contributed by atoms with Gasteiger partial charge < -0.3 is 9.80 Å². The van der Waals surface area contributed by atoms with Gasteiger partial charge in [0, 0.05) is 43.4 Å². The van der Waals surface area contributed by atoms with Crippen LogP contribution in [0.4, 0.5) is 5.82 Å². The Morgan fingerprint density at radius 1 is 0.867 bits per heavy atom. The predicted octanol–water partition coefficient (Wildman–Crippen LogP) is 2.38. The molecule has 1 aliphatic rings. The lowest BCUT2D eigenvalue weighted by molar-refractivity contribution is 0.311. The lowest BCUT2D eigenvalue weighted by atomic mass is 9.95. The van der Waals surface area contributed by atoms with Gasteiger partial charge in [0.2, 0.25) is 0 Å². The largest absolute Gasteiger partial charge is 0.354 e. The molecule has 0 amide bonds. The maximum absolute atomic E-state index is 5.11. The molecule has 0 bridgehead atoms. The number of nitrogens with zero attached hydrogens (tertiary/aromatic N) is 5. The van der Waals surface area contributed by atoms with Crippen molar-refractivity contribution in [2.75, 3.05) is 38.1 Å². The smallest absolute Gasteiger partial charge is 0.166 e. The number of anilines is 1. The maximum Gasteiger partial charge on any atom is 0.166 e. The van der Waals surface area contributed by atoms with Crippen molar-refractivity contribution in [2.24, 2.45) is 0 Å². The van der Waals surface area contributed by atoms with E-state index in [1.807, 2.05) is 10.6 Å². The molecule has 150 valence electrons. The average molecular weight is 395 g/mol. The van der Waals surface area contributed by atoms with Crippen LogP contribution in [0.3, 0.4) is 0 Å². The van der Waals surface area contributed by atoms with E-state index < -0.39 is 0 Å². The summed E-state index contributed by atoms with van der Waals surface area (Å²) >= 11 is 0. The van der Waals surface area contributed by atoms with E-state index in [-0.39, 0.29) is 0 Å². The number of rotatable bonds is 3. The first-order valence-corrected chi connectivity index (χ1v) is 10.6. The summed E-state index contributed by atoms with van der Waals surface area (Å²) in [4.78, 5) is 9.92. The minimum absolute atomic E-state index is 0.922. The van der Waals surface area contributed by atoms with Gasteiger partial charge in [-0.3, -0.25) is 0 Å². The fourth-order valence-corrected chi connectivity index (χ4v) is 4.18. The summed E-state index contributed by atoms with van der Waals surface area (Å²) in [6.45, 7) is 6.16. The van der Waals surface area contributed by atoms with E-state index in [0.29, 0.717) is 0 Å². The Labute approximate surface area is 178 Å². The van der Waals surface area contributed by atoms with Gasteiger partial charge in [-0.2, -0.15) is 9.61 Å². The first-order chi connectivity index (χ1) is 14.6. The van der Waals surface area contributed by atoms with E-state index in [1.165, 1.54) is 5.46 Å². The second-order valence-corrected chi connectivity index (χ2v) is 8.22. The molecule has 2 aromatic carbocycles. The van der Waals surface area contributed by atoms with Crippen molar-refractivity contribution in [3.63, 3.8) is 0 Å². The molecule has 1 fully saturated rings. The number of likely N-dealkylation sites (N-methyl/N-ethyl adjacent to an activating group) is 1. The zero-order chi connectivity index (χ0) is 20.7. The summed E-state index contributed by atoms with van der Waals surface area (Å²) in [5, 5.41) is 4.93. The Kier molecular flexibility index (Phi) is 4.79. The van der Waals surface area contributed by atoms with Gasteiger partial charge in [0.15, 0.2) is 5.65 Å². The molecule has 0 spiro atoms. The van der Waals surface area contributed by atoms with E-state index in [4.69, 9.17) is 10.1 Å². The topological polar surface area (TPSA) is 36.7 Å². The molecule has 0 N–H and O–H groups in total. The SMILES string of the molecule is Bc1ccc(-c2cc(N3CCN(C)CC3)n3nc(C)c(-c4ccccc4)c3n2)cc1. The molecule has 0 unspecified atom stereocenters. The Hall–Kier alpha value is -3.12. The Morgan fingerprint density at radius 3 is 2.27 bits per heavy atom. The fraction of sp³-hybridized carbons (Fsp3) is 0.250. The minimum Gasteiger partial charge on any atom is -0.354 e. The van der Waals surface area contributed by atoms with Gasteiger partial charge in [0.25, 0.3) is 0 Å². The monoisotopic (exact) mass is 395 g/mol. The summed E-state index contributed by atoms with van der Waals surface area (Å²) in [5.74, 6) is 1.12. The first-order valence-electron chi connectivity index (χ1n) is 10.6. The van der Waals surface area contributed by atoms with Crippen molar-refractivity contribution >= 4 is 24.8 Å². The van der Waals surface area contributed by atoms with Crippen molar-refractivity contribution < 1.29 is 0 Å². The highest BCUT2D eigenvalue weighted by Crippen LogP contribution is 2.32. The lowest BCUT2D eigenvalue weighted by Gasteiger charge is -2.34. The highest BCUT2D eigenvalue weighted by Gasteiger charge is 2.22. The van der Waals surface area contributed by atoms with Crippen LogP contribution in [0.25, 0.3) is 28.0 Å². The zero-order valence-electron chi connectivity index (χ0n) is 17.8. The number of aromatic nitrogens is 3. The van der Waals surface area contributed by atoms with E-state index >= 15 is 0 Å². The Balaban J connectivity index is 1.74. The molecular weight excluding hydrogens is 369 g/mol. The van der Waals surface area contributed by atoms with Crippen molar-refractivity contribution in [3.05, 3.63) is 66.4 Å². The van der Waals surface area contributed by atoms with Gasteiger partial charge >= 0.3 is 0 Å². The Morgan fingerprint density at radius 2 is 1.57 bits per heavy atom. The third-order valence-electron chi connectivity index (χ3n) is 5.98. The Bertz CT molecular complexity index is 1180. The van der Waals surface area contributed by atoms with Crippen LogP contribution in [0.2, 0.25) is 0 Å². The summed E-state index contributed by atoms with van der Waals surface area (Å²) < 4.78 is 2.04. The van der Waals surface area contributed by atoms with Crippen LogP contribution >= 0.6 is 0 Å². The third kappa shape index (κ3) is 3.37. The summed E-state index contributed by atoms with van der Waals surface area (Å²) in [6.07, 6.45) is 0. The molecule has 2 aromatic heterocycles. The van der Waals surface area contributed by atoms with Crippen LogP contribution in [0.5, 0.6) is 0 Å². The molecule has 3 heterocycles. The third-order valence-corrected chi connectivity index (χ3v) is 5.98. The molecule has 0 saturated carbocycles. The second kappa shape index (κ2) is 7.61. The number of benzene rings is 2. The highest BCUT2D eigenvalue weighted by atomic mass is 15.4. The van der Waals surface area contributed by atoms with Crippen LogP contribution < -0.4 is 10.4 Å². The highest BCUT2D eigenvalue weighted by molar-refractivity contribution is 6.32. The van der Waals surface area contributed by atoms with Crippen molar-refractivity contribution in [1.82, 2.24) is 19.5 Å². The van der Waals surface area contributed by atoms with E-state index in [0.717, 1.165) is 65.7 Å². The van der Waals surface area contributed by atoms with Crippen LogP contribution in [0.1, 0.15) is 5.69 Å². The van der Waals surface area contributed by atoms with Crippen LogP contribution in [0.15, 0.2) is 60.7 Å². The van der Waals surface area contributed by atoms with Gasteiger partial charge in [0.1, 0.15) is 13.7 Å². The minimum atomic E-state index is 0.922. The summed E-state index contributed by atoms with van der Waals surface area (Å²) in [5.41, 5.74) is 7.58. The number of hydrogen-bond donors (Lipinski definition) is 0. The van der Waals surface area contributed by atoms with Crippen LogP contribution in [-0.4, -0.2) is 60.6 Å². The summed E-state index contributed by atoms with van der Waals surface area (Å²) in [6, 6.07) is 21.3. The molecule has 1 aliphatic heterocycles. The van der Waals surface area contributed by atoms with Gasteiger partial charge in [-0.05, 0) is 19.5 Å². The van der Waals surface area contributed by atoms with E-state index in [1.54, 1.807) is 0 Å². The standard InChI is InChI=1S/C24H26BN5/c1-17-23(19-6-4-3-5-7-19)24-26-21(18-8-10-20(25)11-9-18)16-22(30(24)27-17)29-14-12-28(2)13-15-29/h3-11,16H,12-15,25H2,1-2H3. The molecule has 6 heteroatoms. The molecule has 0 atom stereocenters. The fourth-order valence-electron chi connectivity index (χ4n) is 4.18. The number of piperazine rings is 1. The van der Waals surface area contributed by atoms with Crippen LogP contribution in [-0.2, 0) is 0 Å². The number of fused-ring (bicyclic) bond motifs is 1. The second-order valence-electron chi connectivity index (χ2n) is 8.22. The quantitative estimate of drug-likeness (QED) is 0.500. The van der Waals surface area contributed by atoms with Crippen molar-refractivity contribution in [1.29, 1.82) is 0 Å². The van der Waals surface area contributed by atoms with E-state index in [2.05, 4.69) is 86.2 Å². The van der Waals surface area contributed by atoms with Crippen LogP contribution in [0, 0.1) is 6.92 Å². The van der Waals surface area contributed by atoms with Gasteiger partial charge in [-0.15, -0.1) is 0 Å². The zero-order valence-corrected chi connectivity index (χ0v) is 17.8. The van der Waals surface area contributed by atoms with Crippen molar-refractivity contribution in [3.8, 4) is 22.4 Å². The molecule has 30 heavy (non-hydrogen) atoms. The molecular formula is C24H26BN5. The molecule has 0 aliphatic carbocycles. The number of hydrogen-bond acceptors (Lipinski definition) is 4. The molecule has 4 aromatic rings.